The van der Waals surface area contributed by atoms with Crippen LogP contribution in [0.1, 0.15) is 56.5 Å². The van der Waals surface area contributed by atoms with Crippen LogP contribution in [0.25, 0.3) is 22.4 Å². The van der Waals surface area contributed by atoms with Crippen molar-refractivity contribution in [2.75, 3.05) is 0 Å². The Labute approximate surface area is 192 Å². The number of hydrogen-bond acceptors (Lipinski definition) is 2. The van der Waals surface area contributed by atoms with Crippen LogP contribution in [0.2, 0.25) is 0 Å². The number of aromatic amines is 1. The lowest BCUT2D eigenvalue weighted by Crippen LogP contribution is -2.22. The monoisotopic (exact) mass is 423 g/mol. The molecule has 4 rings (SSSR count). The van der Waals surface area contributed by atoms with E-state index < -0.39 is 0 Å². The predicted octanol–water partition coefficient (Wildman–Crippen LogP) is 7.55. The van der Waals surface area contributed by atoms with Crippen LogP contribution in [0.4, 0.5) is 0 Å². The van der Waals surface area contributed by atoms with Crippen LogP contribution >= 0.6 is 0 Å². The number of nitrogens with one attached hydrogen (secondary N) is 2. The van der Waals surface area contributed by atoms with Crippen molar-refractivity contribution in [1.29, 1.82) is 0 Å². The first-order valence-electron chi connectivity index (χ1n) is 11.8. The van der Waals surface area contributed by atoms with Gasteiger partial charge in [0.15, 0.2) is 0 Å². The summed E-state index contributed by atoms with van der Waals surface area (Å²) >= 11 is 0. The van der Waals surface area contributed by atoms with Crippen LogP contribution < -0.4 is 5.32 Å². The van der Waals surface area contributed by atoms with E-state index in [9.17, 15) is 0 Å². The molecule has 0 bridgehead atoms. The molecule has 3 aromatic carbocycles. The van der Waals surface area contributed by atoms with Crippen LogP contribution in [-0.4, -0.2) is 9.97 Å². The zero-order valence-corrected chi connectivity index (χ0v) is 18.9. The molecule has 164 valence electrons. The molecule has 1 heterocycles. The number of unbranched alkanes of at least 4 members (excludes halogenated alkanes) is 3. The molecule has 0 fully saturated rings. The third-order valence-corrected chi connectivity index (χ3v) is 5.96. The Morgan fingerprint density at radius 1 is 0.750 bits per heavy atom. The summed E-state index contributed by atoms with van der Waals surface area (Å²) in [6.45, 7) is 3.11. The van der Waals surface area contributed by atoms with Crippen molar-refractivity contribution >= 4 is 0 Å². The van der Waals surface area contributed by atoms with E-state index in [2.05, 4.69) is 96.1 Å². The van der Waals surface area contributed by atoms with Crippen molar-refractivity contribution in [3.8, 4) is 22.4 Å². The summed E-state index contributed by atoms with van der Waals surface area (Å²) in [6.07, 6.45) is 8.16. The fraction of sp³-hybridized carbons (Fsp3) is 0.276. The van der Waals surface area contributed by atoms with Crippen molar-refractivity contribution in [1.82, 2.24) is 15.3 Å². The molecule has 3 heteroatoms. The highest BCUT2D eigenvalue weighted by molar-refractivity contribution is 5.68. The second-order valence-electron chi connectivity index (χ2n) is 8.38. The molecule has 0 aliphatic heterocycles. The molecule has 0 spiro atoms. The Morgan fingerprint density at radius 3 is 2.12 bits per heavy atom. The quantitative estimate of drug-likeness (QED) is 0.245. The first-order chi connectivity index (χ1) is 15.8. The maximum atomic E-state index is 4.98. The van der Waals surface area contributed by atoms with Gasteiger partial charge in [-0.25, -0.2) is 4.98 Å². The second-order valence-corrected chi connectivity index (χ2v) is 8.38. The van der Waals surface area contributed by atoms with Gasteiger partial charge in [-0.15, -0.1) is 0 Å². The number of nitrogens with zero attached hydrogens (tertiary/aromatic N) is 1. The Morgan fingerprint density at radius 2 is 1.41 bits per heavy atom. The van der Waals surface area contributed by atoms with Gasteiger partial charge in [-0.05, 0) is 23.1 Å². The molecule has 0 amide bonds. The fourth-order valence-electron chi connectivity index (χ4n) is 4.07. The smallest absolute Gasteiger partial charge is 0.124 e. The molecule has 0 saturated carbocycles. The molecule has 0 unspecified atom stereocenters. The molecule has 0 aliphatic carbocycles. The minimum absolute atomic E-state index is 0.226. The maximum absolute atomic E-state index is 4.98. The summed E-state index contributed by atoms with van der Waals surface area (Å²) in [5.41, 5.74) is 5.90. The van der Waals surface area contributed by atoms with E-state index in [0.717, 1.165) is 30.0 Å². The first kappa shape index (κ1) is 22.0. The minimum atomic E-state index is 0.226. The first-order valence-corrected chi connectivity index (χ1v) is 11.8. The fourth-order valence-corrected chi connectivity index (χ4v) is 4.07. The summed E-state index contributed by atoms with van der Waals surface area (Å²) in [4.78, 5) is 8.43. The van der Waals surface area contributed by atoms with Gasteiger partial charge in [-0.3, -0.25) is 0 Å². The van der Waals surface area contributed by atoms with Crippen LogP contribution in [0.5, 0.6) is 0 Å². The van der Waals surface area contributed by atoms with Crippen molar-refractivity contribution in [3.63, 3.8) is 0 Å². The molecule has 0 radical (unpaired) electrons. The SMILES string of the molecule is CCCCCC[C@@H](NCc1ccccc1)c1nc(-c2ccc(-c3ccccc3)cc2)c[nH]1. The number of aromatic nitrogens is 2. The van der Waals surface area contributed by atoms with E-state index in [4.69, 9.17) is 4.98 Å². The molecule has 1 aromatic heterocycles. The number of imidazole rings is 1. The van der Waals surface area contributed by atoms with Gasteiger partial charge in [0.05, 0.1) is 11.7 Å². The van der Waals surface area contributed by atoms with E-state index in [-0.39, 0.29) is 6.04 Å². The topological polar surface area (TPSA) is 40.7 Å². The van der Waals surface area contributed by atoms with Crippen LogP contribution in [0.15, 0.2) is 91.1 Å². The van der Waals surface area contributed by atoms with Gasteiger partial charge in [0.1, 0.15) is 5.82 Å². The second kappa shape index (κ2) is 11.4. The molecular formula is C29H33N3. The zero-order valence-electron chi connectivity index (χ0n) is 18.9. The summed E-state index contributed by atoms with van der Waals surface area (Å²) < 4.78 is 0. The van der Waals surface area contributed by atoms with E-state index in [1.54, 1.807) is 0 Å². The summed E-state index contributed by atoms with van der Waals surface area (Å²) in [5, 5.41) is 3.73. The molecule has 1 atom stereocenters. The molecule has 2 N–H and O–H groups in total. The van der Waals surface area contributed by atoms with E-state index in [1.165, 1.54) is 42.4 Å². The average molecular weight is 424 g/mol. The third kappa shape index (κ3) is 5.95. The van der Waals surface area contributed by atoms with Gasteiger partial charge < -0.3 is 10.3 Å². The molecule has 4 aromatic rings. The van der Waals surface area contributed by atoms with Crippen molar-refractivity contribution in [3.05, 3.63) is 103 Å². The lowest BCUT2D eigenvalue weighted by Gasteiger charge is -2.17. The third-order valence-electron chi connectivity index (χ3n) is 5.96. The standard InChI is InChI=1S/C29H33N3/c1-2-3-4-11-16-27(30-21-23-12-7-5-8-13-23)29-31-22-28(32-29)26-19-17-25(18-20-26)24-14-9-6-10-15-24/h5-10,12-15,17-20,22,27,30H,2-4,11,16,21H2,1H3,(H,31,32)/t27-/m1/s1. The lowest BCUT2D eigenvalue weighted by molar-refractivity contribution is 0.453. The van der Waals surface area contributed by atoms with Gasteiger partial charge in [0.2, 0.25) is 0 Å². The Kier molecular flexibility index (Phi) is 7.89. The highest BCUT2D eigenvalue weighted by Crippen LogP contribution is 2.26. The highest BCUT2D eigenvalue weighted by atomic mass is 15.0. The maximum Gasteiger partial charge on any atom is 0.124 e. The Hall–Kier alpha value is -3.17. The lowest BCUT2D eigenvalue weighted by atomic mass is 10.0. The van der Waals surface area contributed by atoms with Gasteiger partial charge >= 0.3 is 0 Å². The highest BCUT2D eigenvalue weighted by Gasteiger charge is 2.15. The molecule has 0 aliphatic rings. The van der Waals surface area contributed by atoms with Gasteiger partial charge in [-0.1, -0.05) is 118 Å². The summed E-state index contributed by atoms with van der Waals surface area (Å²) in [6, 6.07) is 30.0. The summed E-state index contributed by atoms with van der Waals surface area (Å²) in [7, 11) is 0. The van der Waals surface area contributed by atoms with E-state index in [0.29, 0.717) is 0 Å². The molecule has 0 saturated heterocycles. The molecular weight excluding hydrogens is 390 g/mol. The Balaban J connectivity index is 1.46. The normalized spacial score (nSPS) is 12.0. The molecule has 32 heavy (non-hydrogen) atoms. The number of H-pyrrole nitrogens is 1. The van der Waals surface area contributed by atoms with Crippen LogP contribution in [0.3, 0.4) is 0 Å². The van der Waals surface area contributed by atoms with Crippen LogP contribution in [-0.2, 0) is 6.54 Å². The van der Waals surface area contributed by atoms with Gasteiger partial charge in [0.25, 0.3) is 0 Å². The Bertz CT molecular complexity index is 1050. The number of hydrogen-bond donors (Lipinski definition) is 2. The predicted molar refractivity (Wildman–Crippen MR) is 134 cm³/mol. The van der Waals surface area contributed by atoms with Gasteiger partial charge in [-0.2, -0.15) is 0 Å². The largest absolute Gasteiger partial charge is 0.347 e. The van der Waals surface area contributed by atoms with Crippen LogP contribution in [0, 0.1) is 0 Å². The minimum Gasteiger partial charge on any atom is -0.347 e. The van der Waals surface area contributed by atoms with E-state index >= 15 is 0 Å². The summed E-state index contributed by atoms with van der Waals surface area (Å²) in [5.74, 6) is 1.03. The van der Waals surface area contributed by atoms with E-state index in [1.807, 2.05) is 12.3 Å². The van der Waals surface area contributed by atoms with Crippen molar-refractivity contribution < 1.29 is 0 Å². The molecule has 3 nitrogen and oxygen atoms in total. The number of rotatable bonds is 11. The van der Waals surface area contributed by atoms with Crippen molar-refractivity contribution in [2.45, 2.75) is 51.6 Å². The average Bonchev–Trinajstić information content (AvgIpc) is 3.35. The zero-order chi connectivity index (χ0) is 22.0. The van der Waals surface area contributed by atoms with Gasteiger partial charge in [0, 0.05) is 18.3 Å². The number of benzene rings is 3. The van der Waals surface area contributed by atoms with Crippen molar-refractivity contribution in [2.24, 2.45) is 0 Å².